The number of likely N-dealkylation sites (tertiary alicyclic amines) is 1. The van der Waals surface area contributed by atoms with Crippen molar-refractivity contribution in [1.82, 2.24) is 28.8 Å². The number of aryl methyl sites for hydroxylation is 2. The molecule has 0 spiro atoms. The highest BCUT2D eigenvalue weighted by atomic mass is 32.1. The fourth-order valence-electron chi connectivity index (χ4n) is 4.54. The summed E-state index contributed by atoms with van der Waals surface area (Å²) in [7, 11) is 1.74. The number of carbonyl (C=O) groups excluding carboxylic acids is 1. The molecule has 2 aliphatic rings. The summed E-state index contributed by atoms with van der Waals surface area (Å²) in [5, 5.41) is 8.71. The molecule has 2 fully saturated rings. The Labute approximate surface area is 168 Å². The smallest absolute Gasteiger partial charge is 0.338 e. The van der Waals surface area contributed by atoms with E-state index in [1.54, 1.807) is 7.05 Å². The Balaban J connectivity index is 1.47. The van der Waals surface area contributed by atoms with Crippen molar-refractivity contribution in [3.8, 4) is 0 Å². The second-order valence-corrected chi connectivity index (χ2v) is 8.69. The van der Waals surface area contributed by atoms with Gasteiger partial charge in [0.2, 0.25) is 0 Å². The number of aromatic nitrogens is 5. The summed E-state index contributed by atoms with van der Waals surface area (Å²) >= 11 is 1.20. The van der Waals surface area contributed by atoms with Crippen LogP contribution in [0.1, 0.15) is 85.0 Å². The third-order valence-electron chi connectivity index (χ3n) is 6.06. The van der Waals surface area contributed by atoms with E-state index in [1.807, 2.05) is 9.47 Å². The lowest BCUT2D eigenvalue weighted by atomic mass is 9.95. The maximum absolute atomic E-state index is 12.9. The van der Waals surface area contributed by atoms with E-state index in [0.717, 1.165) is 50.0 Å². The molecule has 28 heavy (non-hydrogen) atoms. The number of piperidine rings is 1. The standard InChI is InChI=1S/C19H28N6O2S/c1-3-6-15-16(28-22-20-15)18(26)24-11-9-13(10-12-24)17-21-23(2)19(27)25(17)14-7-4-5-8-14/h13-14H,3-12H2,1-2H3. The predicted molar refractivity (Wildman–Crippen MR) is 107 cm³/mol. The lowest BCUT2D eigenvalue weighted by Crippen LogP contribution is -2.39. The SMILES string of the molecule is CCCc1nnsc1C(=O)N1CCC(c2nn(C)c(=O)n2C2CCCC2)CC1. The van der Waals surface area contributed by atoms with Crippen LogP contribution in [0.5, 0.6) is 0 Å². The maximum Gasteiger partial charge on any atom is 0.345 e. The molecule has 0 aromatic carbocycles. The van der Waals surface area contributed by atoms with Crippen molar-refractivity contribution >= 4 is 17.4 Å². The minimum atomic E-state index is 0.000322. The first-order valence-corrected chi connectivity index (χ1v) is 11.1. The number of hydrogen-bond acceptors (Lipinski definition) is 6. The second kappa shape index (κ2) is 8.14. The van der Waals surface area contributed by atoms with Crippen molar-refractivity contribution in [3.05, 3.63) is 26.9 Å². The van der Waals surface area contributed by atoms with Crippen molar-refractivity contribution < 1.29 is 4.79 Å². The Hall–Kier alpha value is -2.03. The molecule has 1 saturated heterocycles. The number of hydrogen-bond donors (Lipinski definition) is 0. The fourth-order valence-corrected chi connectivity index (χ4v) is 5.21. The van der Waals surface area contributed by atoms with E-state index in [-0.39, 0.29) is 23.6 Å². The van der Waals surface area contributed by atoms with Gasteiger partial charge in [-0.2, -0.15) is 5.10 Å². The van der Waals surface area contributed by atoms with Crippen LogP contribution in [0.15, 0.2) is 4.79 Å². The summed E-state index contributed by atoms with van der Waals surface area (Å²) in [4.78, 5) is 28.1. The van der Waals surface area contributed by atoms with E-state index in [1.165, 1.54) is 29.1 Å². The quantitative estimate of drug-likeness (QED) is 0.764. The third kappa shape index (κ3) is 3.52. The van der Waals surface area contributed by atoms with Gasteiger partial charge in [0.05, 0.1) is 5.69 Å². The molecule has 1 amide bonds. The minimum Gasteiger partial charge on any atom is -0.338 e. The monoisotopic (exact) mass is 404 g/mol. The van der Waals surface area contributed by atoms with Gasteiger partial charge in [0, 0.05) is 32.1 Å². The average Bonchev–Trinajstić information content (AvgIpc) is 3.44. The first-order chi connectivity index (χ1) is 13.6. The van der Waals surface area contributed by atoms with Crippen LogP contribution < -0.4 is 5.69 Å². The Bertz CT molecular complexity index is 887. The van der Waals surface area contributed by atoms with Gasteiger partial charge in [0.1, 0.15) is 10.7 Å². The van der Waals surface area contributed by atoms with E-state index < -0.39 is 0 Å². The molecule has 0 radical (unpaired) electrons. The van der Waals surface area contributed by atoms with Gasteiger partial charge in [-0.25, -0.2) is 9.48 Å². The Morgan fingerprint density at radius 3 is 2.57 bits per heavy atom. The lowest BCUT2D eigenvalue weighted by molar-refractivity contribution is 0.0713. The van der Waals surface area contributed by atoms with E-state index in [9.17, 15) is 9.59 Å². The molecular formula is C19H28N6O2S. The van der Waals surface area contributed by atoms with Crippen LogP contribution in [0.4, 0.5) is 0 Å². The Morgan fingerprint density at radius 1 is 1.18 bits per heavy atom. The van der Waals surface area contributed by atoms with Crippen molar-refractivity contribution in [1.29, 1.82) is 0 Å². The van der Waals surface area contributed by atoms with Gasteiger partial charge in [-0.05, 0) is 43.6 Å². The van der Waals surface area contributed by atoms with Gasteiger partial charge >= 0.3 is 5.69 Å². The van der Waals surface area contributed by atoms with Gasteiger partial charge in [0.15, 0.2) is 0 Å². The van der Waals surface area contributed by atoms with Crippen molar-refractivity contribution in [2.24, 2.45) is 7.05 Å². The summed E-state index contributed by atoms with van der Waals surface area (Å²) in [5.74, 6) is 1.19. The van der Waals surface area contributed by atoms with Crippen LogP contribution in [-0.4, -0.2) is 47.8 Å². The maximum atomic E-state index is 12.9. The molecule has 4 rings (SSSR count). The molecule has 0 unspecified atom stereocenters. The highest BCUT2D eigenvalue weighted by Crippen LogP contribution is 2.34. The molecule has 1 aliphatic heterocycles. The van der Waals surface area contributed by atoms with Crippen LogP contribution in [0.3, 0.4) is 0 Å². The summed E-state index contributed by atoms with van der Waals surface area (Å²) in [5.41, 5.74) is 0.819. The first-order valence-electron chi connectivity index (χ1n) is 10.4. The molecule has 2 aromatic heterocycles. The molecule has 3 heterocycles. The molecule has 2 aromatic rings. The zero-order valence-corrected chi connectivity index (χ0v) is 17.5. The van der Waals surface area contributed by atoms with Crippen molar-refractivity contribution in [2.75, 3.05) is 13.1 Å². The van der Waals surface area contributed by atoms with Crippen LogP contribution in [0, 0.1) is 0 Å². The average molecular weight is 405 g/mol. The molecule has 9 heteroatoms. The van der Waals surface area contributed by atoms with Crippen LogP contribution in [0.2, 0.25) is 0 Å². The van der Waals surface area contributed by atoms with Gasteiger partial charge in [-0.1, -0.05) is 30.7 Å². The molecule has 0 bridgehead atoms. The highest BCUT2D eigenvalue weighted by Gasteiger charge is 2.32. The number of carbonyl (C=O) groups is 1. The summed E-state index contributed by atoms with van der Waals surface area (Å²) < 4.78 is 7.40. The molecule has 8 nitrogen and oxygen atoms in total. The largest absolute Gasteiger partial charge is 0.345 e. The zero-order valence-electron chi connectivity index (χ0n) is 16.6. The zero-order chi connectivity index (χ0) is 19.7. The molecule has 0 atom stereocenters. The Kier molecular flexibility index (Phi) is 5.61. The van der Waals surface area contributed by atoms with Gasteiger partial charge in [-0.15, -0.1) is 5.10 Å². The molecule has 1 saturated carbocycles. The summed E-state index contributed by atoms with van der Waals surface area (Å²) in [6.45, 7) is 3.45. The van der Waals surface area contributed by atoms with E-state index in [2.05, 4.69) is 21.6 Å². The van der Waals surface area contributed by atoms with E-state index >= 15 is 0 Å². The second-order valence-electron chi connectivity index (χ2n) is 7.94. The number of nitrogens with zero attached hydrogens (tertiary/aromatic N) is 6. The van der Waals surface area contributed by atoms with E-state index in [0.29, 0.717) is 18.0 Å². The Morgan fingerprint density at radius 2 is 1.89 bits per heavy atom. The van der Waals surface area contributed by atoms with Crippen molar-refractivity contribution in [2.45, 2.75) is 70.3 Å². The topological polar surface area (TPSA) is 85.9 Å². The normalized spacial score (nSPS) is 18.9. The summed E-state index contributed by atoms with van der Waals surface area (Å²) in [6, 6.07) is 0.288. The number of rotatable bonds is 5. The molecule has 1 aliphatic carbocycles. The molecule has 152 valence electrons. The third-order valence-corrected chi connectivity index (χ3v) is 6.81. The molecular weight excluding hydrogens is 376 g/mol. The number of amides is 1. The van der Waals surface area contributed by atoms with Crippen molar-refractivity contribution in [3.63, 3.8) is 0 Å². The molecule has 0 N–H and O–H groups in total. The fraction of sp³-hybridized carbons (Fsp3) is 0.737. The summed E-state index contributed by atoms with van der Waals surface area (Å²) in [6.07, 6.45) is 7.90. The minimum absolute atomic E-state index is 0.000322. The van der Waals surface area contributed by atoms with Crippen LogP contribution >= 0.6 is 11.5 Å². The van der Waals surface area contributed by atoms with E-state index in [4.69, 9.17) is 0 Å². The lowest BCUT2D eigenvalue weighted by Gasteiger charge is -2.31. The van der Waals surface area contributed by atoms with Gasteiger partial charge in [0.25, 0.3) is 5.91 Å². The van der Waals surface area contributed by atoms with Gasteiger partial charge < -0.3 is 4.90 Å². The predicted octanol–water partition coefficient (Wildman–Crippen LogP) is 2.52. The highest BCUT2D eigenvalue weighted by molar-refractivity contribution is 7.08. The van der Waals surface area contributed by atoms with Crippen LogP contribution in [0.25, 0.3) is 0 Å². The van der Waals surface area contributed by atoms with Gasteiger partial charge in [-0.3, -0.25) is 9.36 Å². The first kappa shape index (κ1) is 19.3. The van der Waals surface area contributed by atoms with Crippen LogP contribution in [-0.2, 0) is 13.5 Å².